The van der Waals surface area contributed by atoms with E-state index in [1.54, 1.807) is 23.1 Å². The van der Waals surface area contributed by atoms with E-state index >= 15 is 0 Å². The van der Waals surface area contributed by atoms with Crippen LogP contribution in [0.15, 0.2) is 51.5 Å². The van der Waals surface area contributed by atoms with Crippen molar-refractivity contribution >= 4 is 33.4 Å². The fraction of sp³-hybridized carbons (Fsp3) is 0.250. The number of carbonyl (C=O) groups is 1. The van der Waals surface area contributed by atoms with Crippen molar-refractivity contribution in [2.24, 2.45) is 0 Å². The summed E-state index contributed by atoms with van der Waals surface area (Å²) in [5, 5.41) is 4.67. The summed E-state index contributed by atoms with van der Waals surface area (Å²) in [6.07, 6.45) is 0. The van der Waals surface area contributed by atoms with Crippen LogP contribution < -0.4 is 0 Å². The largest absolute Gasteiger partial charge is 0.338 e. The predicted molar refractivity (Wildman–Crippen MR) is 110 cm³/mol. The van der Waals surface area contributed by atoms with Gasteiger partial charge in [-0.15, -0.1) is 0 Å². The zero-order chi connectivity index (χ0) is 20.4. The Kier molecular flexibility index (Phi) is 5.94. The highest BCUT2D eigenvalue weighted by atomic mass is 79.9. The first-order chi connectivity index (χ1) is 14.0. The van der Waals surface area contributed by atoms with Crippen LogP contribution in [0.4, 0.5) is 4.39 Å². The Morgan fingerprint density at radius 1 is 1.14 bits per heavy atom. The van der Waals surface area contributed by atoms with Crippen molar-refractivity contribution in [3.63, 3.8) is 0 Å². The van der Waals surface area contributed by atoms with Gasteiger partial charge >= 0.3 is 0 Å². The first-order valence-electron chi connectivity index (χ1n) is 9.05. The molecule has 6 nitrogen and oxygen atoms in total. The van der Waals surface area contributed by atoms with Crippen LogP contribution in [0.3, 0.4) is 0 Å². The first kappa shape index (κ1) is 20.0. The molecule has 0 radical (unpaired) electrons. The molecule has 29 heavy (non-hydrogen) atoms. The zero-order valence-electron chi connectivity index (χ0n) is 15.3. The molecule has 1 aliphatic heterocycles. The first-order valence-corrected chi connectivity index (χ1v) is 10.2. The summed E-state index contributed by atoms with van der Waals surface area (Å²) < 4.78 is 19.4. The predicted octanol–water partition coefficient (Wildman–Crippen LogP) is 4.25. The summed E-state index contributed by atoms with van der Waals surface area (Å²) in [5.41, 5.74) is 1.17. The van der Waals surface area contributed by atoms with E-state index in [9.17, 15) is 9.18 Å². The smallest absolute Gasteiger partial charge is 0.255 e. The van der Waals surface area contributed by atoms with Gasteiger partial charge in [0.2, 0.25) is 11.7 Å². The number of aromatic nitrogens is 2. The van der Waals surface area contributed by atoms with Crippen LogP contribution in [0.2, 0.25) is 5.02 Å². The number of halogens is 3. The van der Waals surface area contributed by atoms with Gasteiger partial charge in [0, 0.05) is 41.2 Å². The molecule has 0 spiro atoms. The highest BCUT2D eigenvalue weighted by Gasteiger charge is 2.25. The fourth-order valence-corrected chi connectivity index (χ4v) is 3.71. The maximum atomic E-state index is 13.5. The number of carbonyl (C=O) groups excluding carboxylic acids is 1. The summed E-state index contributed by atoms with van der Waals surface area (Å²) in [4.78, 5) is 21.0. The zero-order valence-corrected chi connectivity index (χ0v) is 17.7. The minimum absolute atomic E-state index is 0.182. The Balaban J connectivity index is 1.35. The maximum absolute atomic E-state index is 13.5. The minimum atomic E-state index is -0.428. The lowest BCUT2D eigenvalue weighted by Crippen LogP contribution is -2.48. The van der Waals surface area contributed by atoms with E-state index in [2.05, 4.69) is 31.0 Å². The van der Waals surface area contributed by atoms with Gasteiger partial charge in [-0.2, -0.15) is 4.98 Å². The van der Waals surface area contributed by atoms with Crippen LogP contribution in [0.1, 0.15) is 16.2 Å². The number of nitrogens with zero attached hydrogens (tertiary/aromatic N) is 4. The molecule has 3 aromatic rings. The highest BCUT2D eigenvalue weighted by Crippen LogP contribution is 2.22. The van der Waals surface area contributed by atoms with Gasteiger partial charge in [0.25, 0.3) is 5.91 Å². The van der Waals surface area contributed by atoms with Gasteiger partial charge in [-0.1, -0.05) is 16.8 Å². The second kappa shape index (κ2) is 8.61. The molecule has 1 aromatic heterocycles. The average Bonchev–Trinajstić information content (AvgIpc) is 3.19. The van der Waals surface area contributed by atoms with Crippen molar-refractivity contribution in [3.05, 3.63) is 69.2 Å². The van der Waals surface area contributed by atoms with Crippen LogP contribution >= 0.6 is 27.5 Å². The second-order valence-corrected chi connectivity index (χ2v) is 8.00. The van der Waals surface area contributed by atoms with Gasteiger partial charge in [-0.3, -0.25) is 9.69 Å². The van der Waals surface area contributed by atoms with Crippen molar-refractivity contribution < 1.29 is 13.7 Å². The van der Waals surface area contributed by atoms with Crippen molar-refractivity contribution in [1.29, 1.82) is 0 Å². The normalized spacial score (nSPS) is 14.9. The van der Waals surface area contributed by atoms with Crippen molar-refractivity contribution in [2.75, 3.05) is 26.2 Å². The summed E-state index contributed by atoms with van der Waals surface area (Å²) in [6.45, 7) is 2.92. The third-order valence-electron chi connectivity index (χ3n) is 4.75. The van der Waals surface area contributed by atoms with Crippen molar-refractivity contribution in [2.45, 2.75) is 6.54 Å². The van der Waals surface area contributed by atoms with Gasteiger partial charge in [0.05, 0.1) is 12.1 Å². The molecule has 0 atom stereocenters. The van der Waals surface area contributed by atoms with Gasteiger partial charge in [0.15, 0.2) is 0 Å². The maximum Gasteiger partial charge on any atom is 0.255 e. The lowest BCUT2D eigenvalue weighted by Gasteiger charge is -2.34. The summed E-state index contributed by atoms with van der Waals surface area (Å²) >= 11 is 9.22. The monoisotopic (exact) mass is 478 g/mol. The van der Waals surface area contributed by atoms with E-state index in [0.717, 1.165) is 5.56 Å². The molecule has 2 heterocycles. The van der Waals surface area contributed by atoms with Gasteiger partial charge in [0.1, 0.15) is 5.82 Å². The quantitative estimate of drug-likeness (QED) is 0.560. The minimum Gasteiger partial charge on any atom is -0.338 e. The van der Waals surface area contributed by atoms with E-state index in [-0.39, 0.29) is 5.91 Å². The molecule has 9 heteroatoms. The third kappa shape index (κ3) is 4.66. The van der Waals surface area contributed by atoms with E-state index in [1.165, 1.54) is 12.1 Å². The molecule has 1 saturated heterocycles. The van der Waals surface area contributed by atoms with Gasteiger partial charge in [-0.05, 0) is 58.4 Å². The van der Waals surface area contributed by atoms with E-state index in [1.807, 2.05) is 12.1 Å². The Hall–Kier alpha value is -2.29. The van der Waals surface area contributed by atoms with Gasteiger partial charge in [-0.25, -0.2) is 4.39 Å². The van der Waals surface area contributed by atoms with Crippen LogP contribution in [0, 0.1) is 5.82 Å². The Morgan fingerprint density at radius 3 is 2.59 bits per heavy atom. The lowest BCUT2D eigenvalue weighted by atomic mass is 10.1. The number of piperazine rings is 1. The average molecular weight is 480 g/mol. The Bertz CT molecular complexity index is 1020. The molecule has 1 amide bonds. The Morgan fingerprint density at radius 2 is 1.86 bits per heavy atom. The van der Waals surface area contributed by atoms with Crippen LogP contribution in [-0.2, 0) is 6.54 Å². The lowest BCUT2D eigenvalue weighted by molar-refractivity contribution is 0.0613. The SMILES string of the molecule is O=C(c1cc(F)ccc1Br)N1CCN(Cc2nc(-c3ccc(Cl)cc3)no2)CC1. The molecular weight excluding hydrogens is 463 g/mol. The summed E-state index contributed by atoms with van der Waals surface area (Å²) in [7, 11) is 0. The molecule has 150 valence electrons. The standard InChI is InChI=1S/C20H17BrClFN4O2/c21-17-6-5-15(23)11-16(17)20(28)27-9-7-26(8-10-27)12-18-24-19(25-29-18)13-1-3-14(22)4-2-13/h1-6,11H,7-10,12H2. The van der Waals surface area contributed by atoms with E-state index < -0.39 is 5.82 Å². The molecule has 2 aromatic carbocycles. The second-order valence-electron chi connectivity index (χ2n) is 6.71. The van der Waals surface area contributed by atoms with Gasteiger partial charge < -0.3 is 9.42 Å². The summed E-state index contributed by atoms with van der Waals surface area (Å²) in [6, 6.07) is 11.4. The summed E-state index contributed by atoms with van der Waals surface area (Å²) in [5.74, 6) is 0.422. The number of hydrogen-bond acceptors (Lipinski definition) is 5. The number of rotatable bonds is 4. The molecule has 0 bridgehead atoms. The highest BCUT2D eigenvalue weighted by molar-refractivity contribution is 9.10. The molecule has 0 unspecified atom stereocenters. The number of benzene rings is 2. The molecule has 0 aliphatic carbocycles. The van der Waals surface area contributed by atoms with E-state index in [4.69, 9.17) is 16.1 Å². The topological polar surface area (TPSA) is 62.5 Å². The van der Waals surface area contributed by atoms with Crippen LogP contribution in [0.25, 0.3) is 11.4 Å². The molecule has 0 saturated carbocycles. The van der Waals surface area contributed by atoms with Crippen LogP contribution in [-0.4, -0.2) is 52.0 Å². The van der Waals surface area contributed by atoms with Crippen LogP contribution in [0.5, 0.6) is 0 Å². The molecule has 4 rings (SSSR count). The molecule has 0 N–H and O–H groups in total. The number of hydrogen-bond donors (Lipinski definition) is 0. The van der Waals surface area contributed by atoms with Crippen molar-refractivity contribution in [3.8, 4) is 11.4 Å². The van der Waals surface area contributed by atoms with Crippen molar-refractivity contribution in [1.82, 2.24) is 19.9 Å². The molecular formula is C20H17BrClFN4O2. The van der Waals surface area contributed by atoms with E-state index in [0.29, 0.717) is 59.5 Å². The Labute approximate surface area is 180 Å². The molecule has 1 fully saturated rings. The fourth-order valence-electron chi connectivity index (χ4n) is 3.17. The number of amides is 1. The molecule has 1 aliphatic rings. The third-order valence-corrected chi connectivity index (χ3v) is 5.69.